The van der Waals surface area contributed by atoms with E-state index in [0.29, 0.717) is 23.3 Å². The largest absolute Gasteiger partial charge is 0.453 e. The third-order valence-corrected chi connectivity index (χ3v) is 9.44. The molecule has 56 heavy (non-hydrogen) atoms. The van der Waals surface area contributed by atoms with Crippen LogP contribution >= 0.6 is 0 Å². The van der Waals surface area contributed by atoms with Crippen LogP contribution in [0.3, 0.4) is 0 Å². The molecule has 0 fully saturated rings. The number of aromatic nitrogens is 8. The number of rotatable bonds is 7. The molecule has 0 bridgehead atoms. The fraction of sp³-hybridized carbons (Fsp3) is 0. The van der Waals surface area contributed by atoms with Gasteiger partial charge >= 0.3 is 0 Å². The standard InChI is InChI=1S/C46H29N9O/c1-3-11-41-39(9-1)55(40-10-2-4-12-42(40)56-41)38-28-32(30-22-34(43-47-13-5-14-48-43)26-35(23-30)44-49-15-6-16-50-44)21-33(29-38)31-24-36(45-51-17-7-18-52-45)27-37(25-31)46-53-19-8-20-54-46/h1-29H. The maximum atomic E-state index is 6.42. The molecule has 0 amide bonds. The van der Waals surface area contributed by atoms with Crippen LogP contribution in [0, 0.1) is 0 Å². The van der Waals surface area contributed by atoms with Crippen molar-refractivity contribution in [1.29, 1.82) is 0 Å². The number of hydrogen-bond acceptors (Lipinski definition) is 10. The third kappa shape index (κ3) is 6.26. The van der Waals surface area contributed by atoms with Gasteiger partial charge in [-0.3, -0.25) is 0 Å². The first-order valence-electron chi connectivity index (χ1n) is 18.0. The first kappa shape index (κ1) is 32.7. The highest BCUT2D eigenvalue weighted by Gasteiger charge is 2.26. The summed E-state index contributed by atoms with van der Waals surface area (Å²) in [5, 5.41) is 0. The fourth-order valence-electron chi connectivity index (χ4n) is 6.95. The summed E-state index contributed by atoms with van der Waals surface area (Å²) < 4.78 is 6.42. The fourth-order valence-corrected chi connectivity index (χ4v) is 6.95. The van der Waals surface area contributed by atoms with Crippen molar-refractivity contribution in [2.45, 2.75) is 0 Å². The SMILES string of the molecule is c1cnc(-c2cc(-c3cc(-c4cc(-c5ncccn5)cc(-c5ncccn5)c4)cc(N4c5ccccc5Oc5ccccc54)c3)cc(-c3ncccn3)c2)nc1. The quantitative estimate of drug-likeness (QED) is 0.157. The number of nitrogens with zero attached hydrogens (tertiary/aromatic N) is 9. The van der Waals surface area contributed by atoms with Gasteiger partial charge in [0.25, 0.3) is 0 Å². The Kier molecular flexibility index (Phi) is 8.23. The Hall–Kier alpha value is -7.98. The highest BCUT2D eigenvalue weighted by atomic mass is 16.5. The zero-order chi connectivity index (χ0) is 37.3. The minimum atomic E-state index is 0.599. The van der Waals surface area contributed by atoms with Crippen molar-refractivity contribution in [3.05, 3.63) is 177 Å². The van der Waals surface area contributed by atoms with Gasteiger partial charge in [-0.15, -0.1) is 0 Å². The predicted octanol–water partition coefficient (Wildman–Crippen LogP) is 10.4. The van der Waals surface area contributed by atoms with E-state index < -0.39 is 0 Å². The lowest BCUT2D eigenvalue weighted by molar-refractivity contribution is 0.477. The van der Waals surface area contributed by atoms with Crippen molar-refractivity contribution in [2.75, 3.05) is 4.90 Å². The Labute approximate surface area is 322 Å². The van der Waals surface area contributed by atoms with E-state index in [-0.39, 0.29) is 0 Å². The molecule has 0 atom stereocenters. The Morgan fingerprint density at radius 2 is 0.589 bits per heavy atom. The van der Waals surface area contributed by atoms with Gasteiger partial charge in [0.15, 0.2) is 34.8 Å². The molecule has 5 heterocycles. The summed E-state index contributed by atoms with van der Waals surface area (Å²) in [7, 11) is 0. The molecule has 4 aromatic heterocycles. The average molecular weight is 724 g/mol. The zero-order valence-corrected chi connectivity index (χ0v) is 29.7. The summed E-state index contributed by atoms with van der Waals surface area (Å²) in [6.07, 6.45) is 14.0. The summed E-state index contributed by atoms with van der Waals surface area (Å²) in [5.74, 6) is 3.92. The predicted molar refractivity (Wildman–Crippen MR) is 216 cm³/mol. The molecule has 0 saturated heterocycles. The normalized spacial score (nSPS) is 11.7. The summed E-state index contributed by atoms with van der Waals surface area (Å²) in [5.41, 5.74) is 9.90. The van der Waals surface area contributed by atoms with Crippen LogP contribution < -0.4 is 9.64 Å². The summed E-state index contributed by atoms with van der Waals surface area (Å²) in [4.78, 5) is 39.1. The maximum Gasteiger partial charge on any atom is 0.159 e. The second kappa shape index (κ2) is 14.1. The Morgan fingerprint density at radius 1 is 0.304 bits per heavy atom. The Balaban J connectivity index is 1.25. The van der Waals surface area contributed by atoms with E-state index in [2.05, 4.69) is 99.4 Å². The van der Waals surface area contributed by atoms with E-state index in [9.17, 15) is 0 Å². The molecule has 9 aromatic rings. The molecule has 0 radical (unpaired) electrons. The van der Waals surface area contributed by atoms with Crippen LogP contribution in [0.15, 0.2) is 177 Å². The van der Waals surface area contributed by atoms with Crippen LogP contribution in [0.4, 0.5) is 17.1 Å². The molecule has 10 rings (SSSR count). The van der Waals surface area contributed by atoms with Crippen molar-refractivity contribution >= 4 is 17.1 Å². The van der Waals surface area contributed by atoms with Gasteiger partial charge in [0.05, 0.1) is 11.4 Å². The van der Waals surface area contributed by atoms with Crippen molar-refractivity contribution in [3.8, 4) is 79.3 Å². The molecule has 0 aliphatic carbocycles. The molecule has 0 spiro atoms. The molecule has 264 valence electrons. The number of hydrogen-bond donors (Lipinski definition) is 0. The van der Waals surface area contributed by atoms with Gasteiger partial charge in [-0.25, -0.2) is 39.9 Å². The van der Waals surface area contributed by atoms with E-state index in [1.807, 2.05) is 72.8 Å². The molecule has 1 aliphatic rings. The number of anilines is 3. The number of fused-ring (bicyclic) bond motifs is 2. The Morgan fingerprint density at radius 3 is 0.946 bits per heavy atom. The van der Waals surface area contributed by atoms with Crippen molar-refractivity contribution < 1.29 is 4.74 Å². The molecule has 10 heteroatoms. The van der Waals surface area contributed by atoms with Crippen molar-refractivity contribution in [2.24, 2.45) is 0 Å². The summed E-state index contributed by atoms with van der Waals surface area (Å²) in [6, 6.07) is 42.5. The van der Waals surface area contributed by atoms with Crippen molar-refractivity contribution in [3.63, 3.8) is 0 Å². The molecule has 1 aliphatic heterocycles. The topological polar surface area (TPSA) is 116 Å². The van der Waals surface area contributed by atoms with Crippen molar-refractivity contribution in [1.82, 2.24) is 39.9 Å². The number of ether oxygens (including phenoxy) is 1. The van der Waals surface area contributed by atoms with Gasteiger partial charge in [-0.05, 0) is 125 Å². The Bertz CT molecular complexity index is 2540. The molecule has 0 saturated carbocycles. The van der Waals surface area contributed by atoms with E-state index >= 15 is 0 Å². The minimum Gasteiger partial charge on any atom is -0.453 e. The molecule has 5 aromatic carbocycles. The maximum absolute atomic E-state index is 6.42. The highest BCUT2D eigenvalue weighted by molar-refractivity contribution is 5.91. The van der Waals surface area contributed by atoms with Gasteiger partial charge in [0.2, 0.25) is 0 Å². The zero-order valence-electron chi connectivity index (χ0n) is 29.7. The second-order valence-corrected chi connectivity index (χ2v) is 13.0. The molecule has 10 nitrogen and oxygen atoms in total. The van der Waals surface area contributed by atoms with Gasteiger partial charge in [0.1, 0.15) is 0 Å². The lowest BCUT2D eigenvalue weighted by Crippen LogP contribution is -2.15. The monoisotopic (exact) mass is 723 g/mol. The summed E-state index contributed by atoms with van der Waals surface area (Å²) >= 11 is 0. The van der Waals surface area contributed by atoms with Gasteiger partial charge < -0.3 is 9.64 Å². The highest BCUT2D eigenvalue weighted by Crippen LogP contribution is 2.51. The third-order valence-electron chi connectivity index (χ3n) is 9.44. The van der Waals surface area contributed by atoms with Crippen LogP contribution in [0.2, 0.25) is 0 Å². The minimum absolute atomic E-state index is 0.599. The second-order valence-electron chi connectivity index (χ2n) is 13.0. The van der Waals surface area contributed by atoms with E-state index in [1.54, 1.807) is 49.6 Å². The number of para-hydroxylation sites is 4. The van der Waals surface area contributed by atoms with Crippen LogP contribution in [0.25, 0.3) is 67.8 Å². The van der Waals surface area contributed by atoms with Gasteiger partial charge in [-0.1, -0.05) is 24.3 Å². The smallest absolute Gasteiger partial charge is 0.159 e. The van der Waals surface area contributed by atoms with E-state index in [1.165, 1.54) is 0 Å². The summed E-state index contributed by atoms with van der Waals surface area (Å²) in [6.45, 7) is 0. The van der Waals surface area contributed by atoms with E-state index in [4.69, 9.17) is 4.74 Å². The van der Waals surface area contributed by atoms with Gasteiger partial charge in [0, 0.05) is 77.5 Å². The van der Waals surface area contributed by atoms with Crippen LogP contribution in [-0.4, -0.2) is 39.9 Å². The molecular formula is C46H29N9O. The molecule has 0 unspecified atom stereocenters. The lowest BCUT2D eigenvalue weighted by atomic mass is 9.93. The van der Waals surface area contributed by atoms with Crippen LogP contribution in [-0.2, 0) is 0 Å². The lowest BCUT2D eigenvalue weighted by Gasteiger charge is -2.33. The average Bonchev–Trinajstić information content (AvgIpc) is 3.29. The van der Waals surface area contributed by atoms with Gasteiger partial charge in [-0.2, -0.15) is 0 Å². The van der Waals surface area contributed by atoms with E-state index in [0.717, 1.165) is 73.1 Å². The van der Waals surface area contributed by atoms with Crippen LogP contribution in [0.5, 0.6) is 11.5 Å². The van der Waals surface area contributed by atoms with Crippen LogP contribution in [0.1, 0.15) is 0 Å². The first-order valence-corrected chi connectivity index (χ1v) is 18.0. The molecule has 0 N–H and O–H groups in total. The molecular weight excluding hydrogens is 695 g/mol. The first-order chi connectivity index (χ1) is 27.7. The number of benzene rings is 5.